The fraction of sp³-hybridized carbons (Fsp3) is 0.357. The lowest BCUT2D eigenvalue weighted by Crippen LogP contribution is -2.33. The van der Waals surface area contributed by atoms with Crippen LogP contribution in [0.25, 0.3) is 10.8 Å². The Morgan fingerprint density at radius 1 is 1.37 bits per heavy atom. The number of nitrogens with zero attached hydrogens (tertiary/aromatic N) is 3. The lowest BCUT2D eigenvalue weighted by atomic mass is 10.1. The molecule has 2 rings (SSSR count). The number of carboxylic acids is 1. The number of benzene rings is 1. The van der Waals surface area contributed by atoms with Crippen LogP contribution in [0.1, 0.15) is 13.8 Å². The zero-order chi connectivity index (χ0) is 13.8. The maximum Gasteiger partial charge on any atom is 0.323 e. The molecule has 1 aromatic carbocycles. The maximum atomic E-state index is 11.0. The van der Waals surface area contributed by atoms with Crippen molar-refractivity contribution in [3.8, 4) is 0 Å². The van der Waals surface area contributed by atoms with Crippen molar-refractivity contribution in [2.24, 2.45) is 5.92 Å². The molecule has 0 aliphatic rings. The summed E-state index contributed by atoms with van der Waals surface area (Å²) in [6.07, 6.45) is 1.69. The topological polar surface area (TPSA) is 66.3 Å². The normalized spacial score (nSPS) is 10.9. The average Bonchev–Trinajstić information content (AvgIpc) is 2.36. The van der Waals surface area contributed by atoms with Crippen molar-refractivity contribution < 1.29 is 9.90 Å². The van der Waals surface area contributed by atoms with Crippen LogP contribution >= 0.6 is 0 Å². The standard InChI is InChI=1S/C14H17N3O2/c1-10(2)8-17(9-13(18)19)14-12-6-4-3-5-11(12)7-15-16-14/h3-7,10H,8-9H2,1-2H3,(H,18,19). The minimum atomic E-state index is -0.865. The quantitative estimate of drug-likeness (QED) is 0.891. The zero-order valence-electron chi connectivity index (χ0n) is 11.1. The summed E-state index contributed by atoms with van der Waals surface area (Å²) in [5.41, 5.74) is 0. The number of hydrogen-bond acceptors (Lipinski definition) is 4. The van der Waals surface area contributed by atoms with E-state index in [-0.39, 0.29) is 6.54 Å². The first-order chi connectivity index (χ1) is 9.08. The molecule has 0 saturated heterocycles. The molecule has 100 valence electrons. The number of hydrogen-bond donors (Lipinski definition) is 1. The molecule has 0 spiro atoms. The van der Waals surface area contributed by atoms with Crippen LogP contribution in [0.5, 0.6) is 0 Å². The SMILES string of the molecule is CC(C)CN(CC(=O)O)c1nncc2ccccc12. The van der Waals surface area contributed by atoms with Crippen LogP contribution in [0.15, 0.2) is 30.5 Å². The maximum absolute atomic E-state index is 11.0. The highest BCUT2D eigenvalue weighted by Crippen LogP contribution is 2.23. The minimum absolute atomic E-state index is 0.0686. The first kappa shape index (κ1) is 13.3. The van der Waals surface area contributed by atoms with Crippen molar-refractivity contribution in [2.45, 2.75) is 13.8 Å². The molecule has 0 saturated carbocycles. The monoisotopic (exact) mass is 259 g/mol. The molecular formula is C14H17N3O2. The summed E-state index contributed by atoms with van der Waals surface area (Å²) in [7, 11) is 0. The Bertz CT molecular complexity index is 578. The number of carbonyl (C=O) groups is 1. The molecule has 5 heteroatoms. The average molecular weight is 259 g/mol. The van der Waals surface area contributed by atoms with Crippen molar-refractivity contribution in [1.29, 1.82) is 0 Å². The molecule has 1 aromatic heterocycles. The summed E-state index contributed by atoms with van der Waals surface area (Å²) in [6, 6.07) is 7.73. The van der Waals surface area contributed by atoms with Crippen molar-refractivity contribution in [2.75, 3.05) is 18.0 Å². The molecule has 0 fully saturated rings. The Morgan fingerprint density at radius 3 is 2.79 bits per heavy atom. The number of aliphatic carboxylic acids is 1. The van der Waals surface area contributed by atoms with E-state index in [1.807, 2.05) is 38.1 Å². The summed E-state index contributed by atoms with van der Waals surface area (Å²) in [6.45, 7) is 4.66. The van der Waals surface area contributed by atoms with Gasteiger partial charge in [0, 0.05) is 17.3 Å². The Morgan fingerprint density at radius 2 is 2.11 bits per heavy atom. The van der Waals surface area contributed by atoms with Crippen LogP contribution < -0.4 is 4.90 Å². The first-order valence-corrected chi connectivity index (χ1v) is 6.25. The number of anilines is 1. The molecule has 19 heavy (non-hydrogen) atoms. The molecule has 0 amide bonds. The van der Waals surface area contributed by atoms with Gasteiger partial charge in [0.15, 0.2) is 5.82 Å². The summed E-state index contributed by atoms with van der Waals surface area (Å²) >= 11 is 0. The second-order valence-electron chi connectivity index (χ2n) is 4.92. The Hall–Kier alpha value is -2.17. The third kappa shape index (κ3) is 3.19. The first-order valence-electron chi connectivity index (χ1n) is 6.25. The van der Waals surface area contributed by atoms with Gasteiger partial charge in [-0.05, 0) is 5.92 Å². The van der Waals surface area contributed by atoms with Gasteiger partial charge in [0.05, 0.1) is 6.20 Å². The van der Waals surface area contributed by atoms with Gasteiger partial charge in [0.2, 0.25) is 0 Å². The lowest BCUT2D eigenvalue weighted by molar-refractivity contribution is -0.135. The molecule has 0 aliphatic heterocycles. The second kappa shape index (κ2) is 5.65. The third-order valence-corrected chi connectivity index (χ3v) is 2.76. The fourth-order valence-corrected chi connectivity index (χ4v) is 2.08. The highest BCUT2D eigenvalue weighted by atomic mass is 16.4. The van der Waals surface area contributed by atoms with Gasteiger partial charge in [-0.15, -0.1) is 5.10 Å². The number of rotatable bonds is 5. The summed E-state index contributed by atoms with van der Waals surface area (Å²) in [5, 5.41) is 19.0. The van der Waals surface area contributed by atoms with E-state index in [1.54, 1.807) is 11.1 Å². The van der Waals surface area contributed by atoms with E-state index in [0.29, 0.717) is 18.3 Å². The molecular weight excluding hydrogens is 242 g/mol. The minimum Gasteiger partial charge on any atom is -0.480 e. The van der Waals surface area contributed by atoms with Gasteiger partial charge in [-0.25, -0.2) is 0 Å². The van der Waals surface area contributed by atoms with Crippen LogP contribution in [0, 0.1) is 5.92 Å². The third-order valence-electron chi connectivity index (χ3n) is 2.76. The highest BCUT2D eigenvalue weighted by Gasteiger charge is 2.16. The number of carboxylic acid groups (broad SMARTS) is 1. The summed E-state index contributed by atoms with van der Waals surface area (Å²) in [4.78, 5) is 12.8. The van der Waals surface area contributed by atoms with E-state index >= 15 is 0 Å². The second-order valence-corrected chi connectivity index (χ2v) is 4.92. The van der Waals surface area contributed by atoms with E-state index in [2.05, 4.69) is 10.2 Å². The molecule has 1 N–H and O–H groups in total. The van der Waals surface area contributed by atoms with E-state index in [0.717, 1.165) is 10.8 Å². The van der Waals surface area contributed by atoms with Crippen molar-refractivity contribution in [3.63, 3.8) is 0 Å². The van der Waals surface area contributed by atoms with Gasteiger partial charge in [-0.3, -0.25) is 4.79 Å². The molecule has 0 atom stereocenters. The van der Waals surface area contributed by atoms with Crippen LogP contribution in [0.2, 0.25) is 0 Å². The Balaban J connectivity index is 2.45. The lowest BCUT2D eigenvalue weighted by Gasteiger charge is -2.24. The van der Waals surface area contributed by atoms with Crippen LogP contribution in [0.4, 0.5) is 5.82 Å². The van der Waals surface area contributed by atoms with Gasteiger partial charge in [-0.2, -0.15) is 5.10 Å². The van der Waals surface area contributed by atoms with Gasteiger partial charge in [0.25, 0.3) is 0 Å². The van der Waals surface area contributed by atoms with Crippen LogP contribution in [0.3, 0.4) is 0 Å². The molecule has 0 aliphatic carbocycles. The fourth-order valence-electron chi connectivity index (χ4n) is 2.08. The number of fused-ring (bicyclic) bond motifs is 1. The molecule has 0 radical (unpaired) electrons. The van der Waals surface area contributed by atoms with Crippen molar-refractivity contribution in [1.82, 2.24) is 10.2 Å². The van der Waals surface area contributed by atoms with Crippen molar-refractivity contribution in [3.05, 3.63) is 30.5 Å². The predicted octanol–water partition coefficient (Wildman–Crippen LogP) is 2.18. The molecule has 0 unspecified atom stereocenters. The Kier molecular flexibility index (Phi) is 3.94. The van der Waals surface area contributed by atoms with E-state index in [4.69, 9.17) is 5.11 Å². The van der Waals surface area contributed by atoms with Gasteiger partial charge < -0.3 is 10.0 Å². The van der Waals surface area contributed by atoms with Gasteiger partial charge >= 0.3 is 5.97 Å². The molecule has 5 nitrogen and oxygen atoms in total. The van der Waals surface area contributed by atoms with Crippen LogP contribution in [-0.2, 0) is 4.79 Å². The van der Waals surface area contributed by atoms with E-state index < -0.39 is 5.97 Å². The van der Waals surface area contributed by atoms with Gasteiger partial charge in [0.1, 0.15) is 6.54 Å². The highest BCUT2D eigenvalue weighted by molar-refractivity contribution is 5.92. The largest absolute Gasteiger partial charge is 0.480 e. The predicted molar refractivity (Wildman–Crippen MR) is 74.2 cm³/mol. The van der Waals surface area contributed by atoms with Gasteiger partial charge in [-0.1, -0.05) is 38.1 Å². The molecule has 1 heterocycles. The summed E-state index contributed by atoms with van der Waals surface area (Å²) in [5.74, 6) is 0.115. The van der Waals surface area contributed by atoms with E-state index in [1.165, 1.54) is 0 Å². The van der Waals surface area contributed by atoms with Crippen LogP contribution in [-0.4, -0.2) is 34.4 Å². The Labute approximate surface area is 111 Å². The van der Waals surface area contributed by atoms with E-state index in [9.17, 15) is 4.79 Å². The number of aromatic nitrogens is 2. The molecule has 2 aromatic rings. The zero-order valence-corrected chi connectivity index (χ0v) is 11.1. The molecule has 0 bridgehead atoms. The smallest absolute Gasteiger partial charge is 0.323 e. The van der Waals surface area contributed by atoms with Crippen molar-refractivity contribution >= 4 is 22.6 Å². The summed E-state index contributed by atoms with van der Waals surface area (Å²) < 4.78 is 0.